The van der Waals surface area contributed by atoms with Crippen molar-refractivity contribution in [1.29, 1.82) is 5.26 Å². The van der Waals surface area contributed by atoms with Gasteiger partial charge in [0.25, 0.3) is 17.4 Å². The molecule has 0 unspecified atom stereocenters. The number of amides is 2. The number of terminal acetylenes is 1. The Morgan fingerprint density at radius 2 is 2.03 bits per heavy atom. The van der Waals surface area contributed by atoms with Gasteiger partial charge in [0, 0.05) is 50.7 Å². The molecule has 0 saturated carbocycles. The van der Waals surface area contributed by atoms with Crippen LogP contribution in [0.5, 0.6) is 5.75 Å². The van der Waals surface area contributed by atoms with Gasteiger partial charge in [-0.05, 0) is 26.1 Å². The summed E-state index contributed by atoms with van der Waals surface area (Å²) in [6.07, 6.45) is 6.69. The van der Waals surface area contributed by atoms with Gasteiger partial charge in [0.2, 0.25) is 0 Å². The van der Waals surface area contributed by atoms with Crippen molar-refractivity contribution in [2.24, 2.45) is 0 Å². The molecular weight excluding hydrogens is 480 g/mol. The summed E-state index contributed by atoms with van der Waals surface area (Å²) in [6, 6.07) is 8.91. The zero-order valence-corrected chi connectivity index (χ0v) is 21.1. The van der Waals surface area contributed by atoms with Crippen molar-refractivity contribution in [2.75, 3.05) is 51.7 Å². The van der Waals surface area contributed by atoms with Crippen LogP contribution in [0.25, 0.3) is 11.8 Å². The first-order valence-electron chi connectivity index (χ1n) is 11.4. The van der Waals surface area contributed by atoms with Crippen molar-refractivity contribution in [3.63, 3.8) is 0 Å². The van der Waals surface area contributed by atoms with Crippen LogP contribution in [0.15, 0.2) is 29.1 Å². The first-order valence-corrected chi connectivity index (χ1v) is 12.2. The number of carbonyl (C=O) groups excluding carboxylic acids is 2. The molecule has 2 aromatic rings. The van der Waals surface area contributed by atoms with Crippen LogP contribution in [0.4, 0.5) is 5.69 Å². The second-order valence-electron chi connectivity index (χ2n) is 7.98. The zero-order chi connectivity index (χ0) is 26.1. The molecule has 0 atom stereocenters. The molecule has 1 aliphatic heterocycles. The molecule has 36 heavy (non-hydrogen) atoms. The van der Waals surface area contributed by atoms with Gasteiger partial charge in [-0.3, -0.25) is 19.0 Å². The number of ether oxygens (including phenoxy) is 1. The second-order valence-corrected chi connectivity index (χ2v) is 9.01. The number of nitriles is 1. The van der Waals surface area contributed by atoms with Crippen molar-refractivity contribution < 1.29 is 14.3 Å². The van der Waals surface area contributed by atoms with Gasteiger partial charge in [-0.1, -0.05) is 12.0 Å². The molecule has 1 aromatic heterocycles. The second kappa shape index (κ2) is 12.6. The minimum atomic E-state index is -0.630. The quantitative estimate of drug-likeness (QED) is 0.455. The SMILES string of the molecule is C#CCNC(=O)/C(C#N)=c1\s/c(=C/Nc2cccc(OCC(=O)N3CCN(C)CC3)c2)c(=O)n1CC. The number of anilines is 1. The normalized spacial score (nSPS) is 15.0. The van der Waals surface area contributed by atoms with Gasteiger partial charge in [-0.2, -0.15) is 5.26 Å². The molecule has 2 amide bonds. The van der Waals surface area contributed by atoms with E-state index in [2.05, 4.69) is 21.5 Å². The Bertz CT molecular complexity index is 1370. The van der Waals surface area contributed by atoms with E-state index in [9.17, 15) is 19.6 Å². The third-order valence-corrected chi connectivity index (χ3v) is 6.68. The van der Waals surface area contributed by atoms with Crippen LogP contribution in [0, 0.1) is 23.7 Å². The maximum Gasteiger partial charge on any atom is 0.270 e. The number of likely N-dealkylation sites (N-methyl/N-ethyl adjacent to an activating group) is 1. The number of rotatable bonds is 8. The maximum absolute atomic E-state index is 12.9. The minimum Gasteiger partial charge on any atom is -0.484 e. The molecule has 2 heterocycles. The van der Waals surface area contributed by atoms with Crippen molar-refractivity contribution in [1.82, 2.24) is 19.7 Å². The highest BCUT2D eigenvalue weighted by Gasteiger charge is 2.19. The van der Waals surface area contributed by atoms with E-state index in [4.69, 9.17) is 11.2 Å². The molecule has 1 fully saturated rings. The van der Waals surface area contributed by atoms with Crippen LogP contribution >= 0.6 is 11.3 Å². The Balaban J connectivity index is 1.76. The molecule has 0 aliphatic carbocycles. The summed E-state index contributed by atoms with van der Waals surface area (Å²) in [6.45, 7) is 5.02. The van der Waals surface area contributed by atoms with E-state index < -0.39 is 5.91 Å². The maximum atomic E-state index is 12.9. The van der Waals surface area contributed by atoms with E-state index in [0.717, 1.165) is 24.4 Å². The van der Waals surface area contributed by atoms with Gasteiger partial charge in [0.1, 0.15) is 21.0 Å². The Morgan fingerprint density at radius 3 is 2.69 bits per heavy atom. The lowest BCUT2D eigenvalue weighted by Gasteiger charge is -2.32. The summed E-state index contributed by atoms with van der Waals surface area (Å²) >= 11 is 1.03. The molecule has 1 aromatic carbocycles. The summed E-state index contributed by atoms with van der Waals surface area (Å²) in [7, 11) is 2.03. The van der Waals surface area contributed by atoms with Crippen LogP contribution in [-0.2, 0) is 16.1 Å². The molecule has 1 saturated heterocycles. The Hall–Kier alpha value is -4.06. The molecule has 3 rings (SSSR count). The Labute approximate surface area is 213 Å². The van der Waals surface area contributed by atoms with Gasteiger partial charge >= 0.3 is 0 Å². The van der Waals surface area contributed by atoms with Crippen LogP contribution in [0.3, 0.4) is 0 Å². The molecule has 1 aliphatic rings. The van der Waals surface area contributed by atoms with E-state index in [-0.39, 0.29) is 41.4 Å². The van der Waals surface area contributed by atoms with E-state index in [0.29, 0.717) is 29.1 Å². The van der Waals surface area contributed by atoms with Crippen LogP contribution in [0.1, 0.15) is 6.92 Å². The monoisotopic (exact) mass is 508 g/mol. The largest absolute Gasteiger partial charge is 0.484 e. The molecule has 0 spiro atoms. The van der Waals surface area contributed by atoms with Gasteiger partial charge in [-0.25, -0.2) is 0 Å². The number of benzene rings is 1. The van der Waals surface area contributed by atoms with Crippen molar-refractivity contribution >= 4 is 40.6 Å². The average Bonchev–Trinajstić information content (AvgIpc) is 3.20. The molecule has 0 radical (unpaired) electrons. The molecule has 11 heteroatoms. The molecule has 0 bridgehead atoms. The van der Waals surface area contributed by atoms with E-state index in [1.54, 1.807) is 36.1 Å². The number of hydrogen-bond donors (Lipinski definition) is 2. The minimum absolute atomic E-state index is 0.0222. The number of thiazole rings is 1. The standard InChI is InChI=1S/C25H28N6O4S/c1-4-9-27-23(33)20(15-26)25-31(5-2)24(34)21(36-25)16-28-18-7-6-8-19(14-18)35-17-22(32)30-12-10-29(3)11-13-30/h1,6-8,14,16,28H,5,9-13,17H2,2-3H3,(H,27,33)/b21-16+,25-20-. The van der Waals surface area contributed by atoms with E-state index in [1.165, 1.54) is 10.8 Å². The Morgan fingerprint density at radius 1 is 1.28 bits per heavy atom. The topological polar surface area (TPSA) is 120 Å². The molecule has 2 N–H and O–H groups in total. The first-order chi connectivity index (χ1) is 17.4. The number of carbonyl (C=O) groups is 2. The van der Waals surface area contributed by atoms with Crippen molar-refractivity contribution in [3.8, 4) is 24.2 Å². The number of piperazine rings is 1. The van der Waals surface area contributed by atoms with Gasteiger partial charge in [-0.15, -0.1) is 17.8 Å². The summed E-state index contributed by atoms with van der Waals surface area (Å²) < 4.78 is 7.64. The number of aromatic nitrogens is 1. The fourth-order valence-electron chi connectivity index (χ4n) is 3.52. The van der Waals surface area contributed by atoms with Gasteiger partial charge < -0.3 is 25.2 Å². The summed E-state index contributed by atoms with van der Waals surface area (Å²) in [5.41, 5.74) is 0.148. The lowest BCUT2D eigenvalue weighted by Crippen LogP contribution is -2.48. The lowest BCUT2D eigenvalue weighted by atomic mass is 10.3. The fourth-order valence-corrected chi connectivity index (χ4v) is 4.61. The third kappa shape index (κ3) is 6.54. The predicted molar refractivity (Wildman–Crippen MR) is 138 cm³/mol. The van der Waals surface area contributed by atoms with E-state index >= 15 is 0 Å². The number of nitrogens with one attached hydrogen (secondary N) is 2. The van der Waals surface area contributed by atoms with Crippen LogP contribution < -0.4 is 30.1 Å². The number of nitrogens with zero attached hydrogens (tertiary/aromatic N) is 4. The fraction of sp³-hybridized carbons (Fsp3) is 0.360. The van der Waals surface area contributed by atoms with Crippen LogP contribution in [0.2, 0.25) is 0 Å². The highest BCUT2D eigenvalue weighted by Crippen LogP contribution is 2.17. The molecule has 188 valence electrons. The molecule has 10 nitrogen and oxygen atoms in total. The summed E-state index contributed by atoms with van der Waals surface area (Å²) in [4.78, 5) is 41.6. The predicted octanol–water partition coefficient (Wildman–Crippen LogP) is -0.644. The average molecular weight is 509 g/mol. The van der Waals surface area contributed by atoms with Crippen molar-refractivity contribution in [3.05, 3.63) is 43.8 Å². The van der Waals surface area contributed by atoms with Crippen LogP contribution in [-0.4, -0.2) is 72.6 Å². The summed E-state index contributed by atoms with van der Waals surface area (Å²) in [5.74, 6) is 2.10. The Kier molecular flexibility index (Phi) is 9.28. The summed E-state index contributed by atoms with van der Waals surface area (Å²) in [5, 5.41) is 15.0. The third-order valence-electron chi connectivity index (χ3n) is 5.55. The highest BCUT2D eigenvalue weighted by molar-refractivity contribution is 7.07. The highest BCUT2D eigenvalue weighted by atomic mass is 32.1. The van der Waals surface area contributed by atoms with Crippen molar-refractivity contribution in [2.45, 2.75) is 13.5 Å². The molecular formula is C25H28N6O4S. The zero-order valence-electron chi connectivity index (χ0n) is 20.2. The van der Waals surface area contributed by atoms with Gasteiger partial charge in [0.15, 0.2) is 12.2 Å². The van der Waals surface area contributed by atoms with E-state index in [1.807, 2.05) is 13.1 Å². The smallest absolute Gasteiger partial charge is 0.270 e. The lowest BCUT2D eigenvalue weighted by molar-refractivity contribution is -0.134. The first kappa shape index (κ1) is 26.5. The van der Waals surface area contributed by atoms with Gasteiger partial charge in [0.05, 0.1) is 6.54 Å². The number of hydrogen-bond acceptors (Lipinski definition) is 8.